The lowest BCUT2D eigenvalue weighted by Gasteiger charge is -2.15. The summed E-state index contributed by atoms with van der Waals surface area (Å²) in [4.78, 5) is 15.9. The summed E-state index contributed by atoms with van der Waals surface area (Å²) in [6.07, 6.45) is 0. The third-order valence-corrected chi connectivity index (χ3v) is 11.0. The molecule has 51 heavy (non-hydrogen) atoms. The number of fused-ring (bicyclic) bond motifs is 5. The molecule has 0 atom stereocenters. The van der Waals surface area contributed by atoms with Gasteiger partial charge in [-0.1, -0.05) is 152 Å². The summed E-state index contributed by atoms with van der Waals surface area (Å²) >= 11 is 1.79. The van der Waals surface area contributed by atoms with Crippen molar-refractivity contribution >= 4 is 53.1 Å². The minimum atomic E-state index is 0.653. The molecule has 0 bridgehead atoms. The van der Waals surface area contributed by atoms with Crippen molar-refractivity contribution in [1.29, 1.82) is 0 Å². The molecular formula is C47H29N3S. The fourth-order valence-corrected chi connectivity index (χ4v) is 8.60. The van der Waals surface area contributed by atoms with Gasteiger partial charge in [-0.2, -0.15) is 0 Å². The maximum Gasteiger partial charge on any atom is 0.165 e. The van der Waals surface area contributed by atoms with E-state index in [-0.39, 0.29) is 0 Å². The zero-order valence-corrected chi connectivity index (χ0v) is 28.3. The minimum absolute atomic E-state index is 0.653. The second-order valence-corrected chi connectivity index (χ2v) is 13.8. The molecule has 0 saturated heterocycles. The largest absolute Gasteiger partial charge is 0.208 e. The van der Waals surface area contributed by atoms with E-state index in [1.165, 1.54) is 42.4 Å². The number of thiophene rings is 1. The molecule has 0 aliphatic rings. The highest BCUT2D eigenvalue weighted by molar-refractivity contribution is 7.26. The first-order valence-corrected chi connectivity index (χ1v) is 17.9. The molecular weight excluding hydrogens is 639 g/mol. The van der Waals surface area contributed by atoms with E-state index in [1.807, 2.05) is 0 Å². The van der Waals surface area contributed by atoms with Crippen molar-refractivity contribution in [1.82, 2.24) is 15.0 Å². The van der Waals surface area contributed by atoms with Crippen molar-refractivity contribution in [2.45, 2.75) is 0 Å². The molecule has 8 aromatic carbocycles. The van der Waals surface area contributed by atoms with E-state index in [2.05, 4.69) is 176 Å². The molecule has 0 fully saturated rings. The fourth-order valence-electron chi connectivity index (χ4n) is 7.39. The maximum atomic E-state index is 5.31. The maximum absolute atomic E-state index is 5.31. The first kappa shape index (κ1) is 29.4. The summed E-state index contributed by atoms with van der Waals surface area (Å²) in [5.41, 5.74) is 7.68. The molecule has 10 aromatic rings. The van der Waals surface area contributed by atoms with Crippen LogP contribution in [0.4, 0.5) is 0 Å². The van der Waals surface area contributed by atoms with Gasteiger partial charge in [-0.05, 0) is 68.1 Å². The second-order valence-electron chi connectivity index (χ2n) is 12.7. The summed E-state index contributed by atoms with van der Waals surface area (Å²) in [5, 5.41) is 6.99. The van der Waals surface area contributed by atoms with Gasteiger partial charge in [0.1, 0.15) is 0 Å². The molecule has 0 saturated carbocycles. The van der Waals surface area contributed by atoms with Gasteiger partial charge in [-0.25, -0.2) is 15.0 Å². The number of aromatic nitrogens is 3. The summed E-state index contributed by atoms with van der Waals surface area (Å²) in [6, 6.07) is 62.1. The van der Waals surface area contributed by atoms with Crippen LogP contribution >= 0.6 is 11.3 Å². The van der Waals surface area contributed by atoms with Crippen molar-refractivity contribution in [3.05, 3.63) is 176 Å². The Labute approximate surface area is 299 Å². The Morgan fingerprint density at radius 2 is 0.667 bits per heavy atom. The molecule has 238 valence electrons. The Kier molecular flexibility index (Phi) is 7.00. The predicted molar refractivity (Wildman–Crippen MR) is 215 cm³/mol. The highest BCUT2D eigenvalue weighted by atomic mass is 32.1. The third-order valence-electron chi connectivity index (χ3n) is 9.78. The SMILES string of the molecule is c1ccc(-c2ccc(-c3nc(-c4ccc(-c5ccccc5)c5ccccc45)nc(-c4cccc5c4sc4ccccc45)n3)c3ccccc23)cc1. The average Bonchev–Trinajstić information content (AvgIpc) is 3.59. The quantitative estimate of drug-likeness (QED) is 0.183. The number of benzene rings is 8. The van der Waals surface area contributed by atoms with Gasteiger partial charge in [-0.15, -0.1) is 11.3 Å². The van der Waals surface area contributed by atoms with Crippen LogP contribution < -0.4 is 0 Å². The zero-order valence-electron chi connectivity index (χ0n) is 27.5. The van der Waals surface area contributed by atoms with Crippen LogP contribution in [-0.4, -0.2) is 15.0 Å². The molecule has 0 N–H and O–H groups in total. The van der Waals surface area contributed by atoms with Gasteiger partial charge in [0.2, 0.25) is 0 Å². The molecule has 2 heterocycles. The van der Waals surface area contributed by atoms with Crippen LogP contribution in [0.2, 0.25) is 0 Å². The van der Waals surface area contributed by atoms with Crippen molar-refractivity contribution in [3.8, 4) is 56.4 Å². The van der Waals surface area contributed by atoms with Gasteiger partial charge in [0.05, 0.1) is 0 Å². The first-order valence-electron chi connectivity index (χ1n) is 17.1. The van der Waals surface area contributed by atoms with Gasteiger partial charge in [0.15, 0.2) is 17.5 Å². The summed E-state index contributed by atoms with van der Waals surface area (Å²) in [6.45, 7) is 0. The van der Waals surface area contributed by atoms with Gasteiger partial charge in [0.25, 0.3) is 0 Å². The Balaban J connectivity index is 1.25. The highest BCUT2D eigenvalue weighted by Gasteiger charge is 2.20. The minimum Gasteiger partial charge on any atom is -0.208 e. The van der Waals surface area contributed by atoms with Crippen molar-refractivity contribution in [2.24, 2.45) is 0 Å². The Hall–Kier alpha value is -6.49. The molecule has 0 unspecified atom stereocenters. The Morgan fingerprint density at radius 1 is 0.275 bits per heavy atom. The molecule has 0 aliphatic carbocycles. The van der Waals surface area contributed by atoms with Crippen molar-refractivity contribution in [2.75, 3.05) is 0 Å². The number of nitrogens with zero attached hydrogens (tertiary/aromatic N) is 3. The molecule has 0 aliphatic heterocycles. The van der Waals surface area contributed by atoms with E-state index >= 15 is 0 Å². The smallest absolute Gasteiger partial charge is 0.165 e. The van der Waals surface area contributed by atoms with Crippen molar-refractivity contribution < 1.29 is 0 Å². The summed E-state index contributed by atoms with van der Waals surface area (Å²) in [5.74, 6) is 1.97. The number of rotatable bonds is 5. The van der Waals surface area contributed by atoms with E-state index in [0.717, 1.165) is 38.2 Å². The number of hydrogen-bond acceptors (Lipinski definition) is 4. The molecule has 10 rings (SSSR count). The van der Waals surface area contributed by atoms with Gasteiger partial charge >= 0.3 is 0 Å². The second kappa shape index (κ2) is 12.1. The first-order chi connectivity index (χ1) is 25.3. The standard InChI is InChI=1S/C47H29N3S/c1-3-14-30(15-4-1)32-26-28-40(36-20-9-7-18-34(32)36)45-48-46(41-29-27-33(31-16-5-2-6-17-31)35-19-8-10-21-37(35)41)50-47(49-45)42-24-13-23-39-38-22-11-12-25-43(38)51-44(39)42/h1-29H. The van der Waals surface area contributed by atoms with Crippen LogP contribution in [0.25, 0.3) is 98.1 Å². The van der Waals surface area contributed by atoms with E-state index in [9.17, 15) is 0 Å². The Morgan fingerprint density at radius 3 is 1.20 bits per heavy atom. The van der Waals surface area contributed by atoms with E-state index in [1.54, 1.807) is 11.3 Å². The van der Waals surface area contributed by atoms with Crippen LogP contribution in [0.15, 0.2) is 176 Å². The van der Waals surface area contributed by atoms with Crippen molar-refractivity contribution in [3.63, 3.8) is 0 Å². The van der Waals surface area contributed by atoms with Crippen LogP contribution in [0.1, 0.15) is 0 Å². The lowest BCUT2D eigenvalue weighted by Crippen LogP contribution is -2.01. The summed E-state index contributed by atoms with van der Waals surface area (Å²) in [7, 11) is 0. The Bertz CT molecular complexity index is 2770. The van der Waals surface area contributed by atoms with Gasteiger partial charge in [-0.3, -0.25) is 0 Å². The van der Waals surface area contributed by atoms with E-state index in [0.29, 0.717) is 17.5 Å². The predicted octanol–water partition coefficient (Wildman–Crippen LogP) is 12.9. The molecule has 0 spiro atoms. The van der Waals surface area contributed by atoms with E-state index in [4.69, 9.17) is 15.0 Å². The zero-order chi connectivity index (χ0) is 33.7. The fraction of sp³-hybridized carbons (Fsp3) is 0. The lowest BCUT2D eigenvalue weighted by atomic mass is 9.94. The molecule has 0 radical (unpaired) electrons. The summed E-state index contributed by atoms with van der Waals surface area (Å²) < 4.78 is 2.43. The average molecular weight is 668 g/mol. The van der Waals surface area contributed by atoms with Gasteiger partial charge < -0.3 is 0 Å². The topological polar surface area (TPSA) is 38.7 Å². The molecule has 3 nitrogen and oxygen atoms in total. The normalized spacial score (nSPS) is 11.5. The molecule has 0 amide bonds. The van der Waals surface area contributed by atoms with Crippen LogP contribution in [0.5, 0.6) is 0 Å². The van der Waals surface area contributed by atoms with E-state index < -0.39 is 0 Å². The van der Waals surface area contributed by atoms with Crippen LogP contribution in [0.3, 0.4) is 0 Å². The third kappa shape index (κ3) is 5.00. The lowest BCUT2D eigenvalue weighted by molar-refractivity contribution is 1.08. The van der Waals surface area contributed by atoms with Gasteiger partial charge in [0, 0.05) is 36.9 Å². The monoisotopic (exact) mass is 667 g/mol. The van der Waals surface area contributed by atoms with Crippen LogP contribution in [0, 0.1) is 0 Å². The highest BCUT2D eigenvalue weighted by Crippen LogP contribution is 2.42. The molecule has 2 aromatic heterocycles. The number of hydrogen-bond donors (Lipinski definition) is 0. The van der Waals surface area contributed by atoms with Crippen LogP contribution in [-0.2, 0) is 0 Å². The molecule has 4 heteroatoms.